The molecular formula is C18H25Cl2NO. The largest absolute Gasteiger partial charge is 0.493 e. The molecule has 2 bridgehead atoms. The minimum absolute atomic E-state index is 0.557. The fourth-order valence-corrected chi connectivity index (χ4v) is 4.66. The summed E-state index contributed by atoms with van der Waals surface area (Å²) in [6.07, 6.45) is 3.95. The number of halogens is 2. The van der Waals surface area contributed by atoms with E-state index in [9.17, 15) is 0 Å². The summed E-state index contributed by atoms with van der Waals surface area (Å²) >= 11 is 12.1. The number of fused-ring (bicyclic) bond motifs is 2. The molecule has 0 aromatic heterocycles. The molecule has 122 valence electrons. The second-order valence-electron chi connectivity index (χ2n) is 7.16. The van der Waals surface area contributed by atoms with Crippen molar-refractivity contribution >= 4 is 23.2 Å². The molecule has 0 N–H and O–H groups in total. The molecule has 0 saturated carbocycles. The lowest BCUT2D eigenvalue weighted by Gasteiger charge is -2.44. The number of rotatable bonds is 4. The first-order chi connectivity index (χ1) is 10.5. The minimum atomic E-state index is 0.557. The number of hydrogen-bond acceptors (Lipinski definition) is 2. The number of nitrogens with zero attached hydrogens (tertiary/aromatic N) is 1. The van der Waals surface area contributed by atoms with Gasteiger partial charge in [-0.3, -0.25) is 0 Å². The van der Waals surface area contributed by atoms with Crippen LogP contribution < -0.4 is 4.74 Å². The van der Waals surface area contributed by atoms with Gasteiger partial charge in [0, 0.05) is 24.1 Å². The van der Waals surface area contributed by atoms with Gasteiger partial charge in [-0.25, -0.2) is 0 Å². The van der Waals surface area contributed by atoms with E-state index < -0.39 is 0 Å². The number of hydrogen-bond donors (Lipinski definition) is 0. The Hall–Kier alpha value is -0.440. The molecule has 0 aliphatic carbocycles. The Labute approximate surface area is 143 Å². The predicted octanol–water partition coefficient (Wildman–Crippen LogP) is 5.13. The maximum atomic E-state index is 6.09. The van der Waals surface area contributed by atoms with Gasteiger partial charge in [-0.05, 0) is 50.3 Å². The van der Waals surface area contributed by atoms with Crippen molar-refractivity contribution in [3.05, 3.63) is 28.2 Å². The lowest BCUT2D eigenvalue weighted by molar-refractivity contribution is 0.0182. The van der Waals surface area contributed by atoms with Crippen molar-refractivity contribution in [3.8, 4) is 5.75 Å². The fraction of sp³-hybridized carbons (Fsp3) is 0.667. The first-order valence-corrected chi connectivity index (χ1v) is 9.02. The van der Waals surface area contributed by atoms with Crippen LogP contribution in [0.15, 0.2) is 18.2 Å². The van der Waals surface area contributed by atoms with E-state index in [1.54, 1.807) is 6.07 Å². The summed E-state index contributed by atoms with van der Waals surface area (Å²) in [4.78, 5) is 2.59. The van der Waals surface area contributed by atoms with Gasteiger partial charge in [0.25, 0.3) is 0 Å². The molecule has 0 spiro atoms. The van der Waals surface area contributed by atoms with E-state index >= 15 is 0 Å². The van der Waals surface area contributed by atoms with E-state index in [1.165, 1.54) is 19.3 Å². The minimum Gasteiger partial charge on any atom is -0.493 e. The number of piperidine rings is 1. The van der Waals surface area contributed by atoms with Crippen molar-refractivity contribution in [1.29, 1.82) is 0 Å². The second kappa shape index (κ2) is 6.59. The van der Waals surface area contributed by atoms with Crippen molar-refractivity contribution in [1.82, 2.24) is 4.90 Å². The van der Waals surface area contributed by atoms with Crippen molar-refractivity contribution in [3.63, 3.8) is 0 Å². The third-order valence-electron chi connectivity index (χ3n) is 5.67. The van der Waals surface area contributed by atoms with Gasteiger partial charge in [-0.2, -0.15) is 0 Å². The summed E-state index contributed by atoms with van der Waals surface area (Å²) in [6.45, 7) is 5.46. The van der Waals surface area contributed by atoms with Crippen LogP contribution in [-0.2, 0) is 0 Å². The summed E-state index contributed by atoms with van der Waals surface area (Å²) in [7, 11) is 2.28. The van der Waals surface area contributed by atoms with Gasteiger partial charge in [0.15, 0.2) is 0 Å². The molecule has 2 nitrogen and oxygen atoms in total. The first kappa shape index (κ1) is 16.4. The highest BCUT2D eigenvalue weighted by Crippen LogP contribution is 2.44. The lowest BCUT2D eigenvalue weighted by Crippen LogP contribution is -2.49. The second-order valence-corrected chi connectivity index (χ2v) is 7.97. The monoisotopic (exact) mass is 341 g/mol. The van der Waals surface area contributed by atoms with E-state index in [0.717, 1.165) is 24.3 Å². The summed E-state index contributed by atoms with van der Waals surface area (Å²) in [5.41, 5.74) is 0. The van der Waals surface area contributed by atoms with E-state index in [0.29, 0.717) is 27.9 Å². The van der Waals surface area contributed by atoms with Crippen LogP contribution in [-0.4, -0.2) is 30.6 Å². The molecule has 0 radical (unpaired) electrons. The molecule has 3 rings (SSSR count). The summed E-state index contributed by atoms with van der Waals surface area (Å²) in [5.74, 6) is 2.87. The predicted molar refractivity (Wildman–Crippen MR) is 93.0 cm³/mol. The quantitative estimate of drug-likeness (QED) is 0.752. The summed E-state index contributed by atoms with van der Waals surface area (Å²) in [5, 5.41) is 1.13. The molecule has 2 fully saturated rings. The highest BCUT2D eigenvalue weighted by Gasteiger charge is 2.46. The summed E-state index contributed by atoms with van der Waals surface area (Å²) < 4.78 is 6.09. The highest BCUT2D eigenvalue weighted by atomic mass is 35.5. The molecule has 2 saturated heterocycles. The van der Waals surface area contributed by atoms with E-state index in [4.69, 9.17) is 27.9 Å². The van der Waals surface area contributed by atoms with Gasteiger partial charge >= 0.3 is 0 Å². The molecule has 4 heteroatoms. The Morgan fingerprint density at radius 1 is 1.23 bits per heavy atom. The van der Waals surface area contributed by atoms with E-state index in [2.05, 4.69) is 25.8 Å². The number of benzene rings is 1. The average molecular weight is 342 g/mol. The molecule has 22 heavy (non-hydrogen) atoms. The topological polar surface area (TPSA) is 12.5 Å². The highest BCUT2D eigenvalue weighted by molar-refractivity contribution is 6.42. The van der Waals surface area contributed by atoms with Gasteiger partial charge in [0.2, 0.25) is 0 Å². The molecule has 2 aliphatic rings. The van der Waals surface area contributed by atoms with Crippen molar-refractivity contribution in [2.24, 2.45) is 17.8 Å². The van der Waals surface area contributed by atoms with Crippen LogP contribution >= 0.6 is 23.2 Å². The van der Waals surface area contributed by atoms with Gasteiger partial charge in [-0.1, -0.05) is 37.0 Å². The molecule has 2 heterocycles. The van der Waals surface area contributed by atoms with Crippen LogP contribution in [0.3, 0.4) is 0 Å². The van der Waals surface area contributed by atoms with Crippen LogP contribution in [0.25, 0.3) is 0 Å². The maximum Gasteiger partial charge on any atom is 0.120 e. The standard InChI is InChI=1S/C18H25Cl2NO/c1-11(2)14-8-12-4-7-18(21(12)3)15(14)10-22-13-5-6-16(19)17(20)9-13/h5-6,9,11-12,14-15,18H,4,7-8,10H2,1-3H3/t12?,14-,15?,18?/m0/s1. The molecule has 2 aliphatic heterocycles. The zero-order chi connectivity index (χ0) is 15.9. The molecule has 1 aromatic rings. The molecular weight excluding hydrogens is 317 g/mol. The Bertz CT molecular complexity index is 534. The maximum absolute atomic E-state index is 6.09. The van der Waals surface area contributed by atoms with Gasteiger partial charge in [-0.15, -0.1) is 0 Å². The smallest absolute Gasteiger partial charge is 0.120 e. The normalized spacial score (nSPS) is 31.7. The van der Waals surface area contributed by atoms with Crippen LogP contribution in [0.1, 0.15) is 33.1 Å². The van der Waals surface area contributed by atoms with Crippen LogP contribution in [0, 0.1) is 17.8 Å². The Balaban J connectivity index is 1.72. The third-order valence-corrected chi connectivity index (χ3v) is 6.41. The van der Waals surface area contributed by atoms with Crippen molar-refractivity contribution in [2.45, 2.75) is 45.2 Å². The van der Waals surface area contributed by atoms with Gasteiger partial charge in [0.05, 0.1) is 16.7 Å². The van der Waals surface area contributed by atoms with Gasteiger partial charge in [0.1, 0.15) is 5.75 Å². The zero-order valence-electron chi connectivity index (χ0n) is 13.6. The zero-order valence-corrected chi connectivity index (χ0v) is 15.1. The van der Waals surface area contributed by atoms with Gasteiger partial charge < -0.3 is 9.64 Å². The Morgan fingerprint density at radius 2 is 2.00 bits per heavy atom. The SMILES string of the molecule is CC(C)[C@@H]1CC2CCC(C1COc1ccc(Cl)c(Cl)c1)N2C. The fourth-order valence-electron chi connectivity index (χ4n) is 4.38. The summed E-state index contributed by atoms with van der Waals surface area (Å²) in [6, 6.07) is 6.96. The Kier molecular flexibility index (Phi) is 4.92. The van der Waals surface area contributed by atoms with Crippen LogP contribution in [0.5, 0.6) is 5.75 Å². The molecule has 4 atom stereocenters. The first-order valence-electron chi connectivity index (χ1n) is 8.27. The number of ether oxygens (including phenoxy) is 1. The average Bonchev–Trinajstić information content (AvgIpc) is 2.72. The Morgan fingerprint density at radius 3 is 2.68 bits per heavy atom. The van der Waals surface area contributed by atoms with E-state index in [1.807, 2.05) is 12.1 Å². The third kappa shape index (κ3) is 3.11. The molecule has 0 amide bonds. The lowest BCUT2D eigenvalue weighted by atomic mass is 9.74. The molecule has 1 aromatic carbocycles. The van der Waals surface area contributed by atoms with E-state index in [-0.39, 0.29) is 0 Å². The van der Waals surface area contributed by atoms with Crippen LogP contribution in [0.2, 0.25) is 10.0 Å². The van der Waals surface area contributed by atoms with Crippen molar-refractivity contribution in [2.75, 3.05) is 13.7 Å². The molecule has 3 unspecified atom stereocenters. The van der Waals surface area contributed by atoms with Crippen LogP contribution in [0.4, 0.5) is 0 Å². The van der Waals surface area contributed by atoms with Crippen molar-refractivity contribution < 1.29 is 4.74 Å².